The molecule has 0 aliphatic carbocycles. The summed E-state index contributed by atoms with van der Waals surface area (Å²) in [5.74, 6) is -1.06. The topological polar surface area (TPSA) is 77.1 Å². The van der Waals surface area contributed by atoms with Gasteiger partial charge in [-0.2, -0.15) is 0 Å². The molecule has 0 saturated heterocycles. The molecule has 130 valence electrons. The van der Waals surface area contributed by atoms with Gasteiger partial charge in [0.05, 0.1) is 10.6 Å². The second-order valence-corrected chi connectivity index (χ2v) is 8.18. The molecule has 1 aromatic heterocycles. The van der Waals surface area contributed by atoms with E-state index < -0.39 is 5.97 Å². The molecule has 8 heteroatoms. The van der Waals surface area contributed by atoms with Crippen LogP contribution in [0.3, 0.4) is 0 Å². The zero-order valence-electron chi connectivity index (χ0n) is 14.3. The molecule has 0 aliphatic heterocycles. The van der Waals surface area contributed by atoms with Crippen LogP contribution in [0, 0.1) is 5.41 Å². The van der Waals surface area contributed by atoms with Crippen LogP contribution in [0.2, 0.25) is 5.02 Å². The Kier molecular flexibility index (Phi) is 5.15. The molecule has 1 heterocycles. The van der Waals surface area contributed by atoms with Crippen molar-refractivity contribution >= 4 is 29.3 Å². The minimum Gasteiger partial charge on any atom is -0.478 e. The average molecular weight is 370 g/mol. The molecule has 0 saturated carbocycles. The Bertz CT molecular complexity index is 849. The maximum atomic E-state index is 11.8. The standard InChI is InChI=1S/C16H20ClN3O3S/c1-16(2,3)8-10-11(7-6-9(12(10)17)13(21)22)24-14-18-20(5)15(23)19(14)4/h6-7H,8H2,1-5H3,(H,21,22). The summed E-state index contributed by atoms with van der Waals surface area (Å²) >= 11 is 7.67. The van der Waals surface area contributed by atoms with Gasteiger partial charge in [0, 0.05) is 19.0 Å². The lowest BCUT2D eigenvalue weighted by Gasteiger charge is -2.22. The highest BCUT2D eigenvalue weighted by atomic mass is 35.5. The monoisotopic (exact) mass is 369 g/mol. The maximum Gasteiger partial charge on any atom is 0.346 e. The normalized spacial score (nSPS) is 11.8. The van der Waals surface area contributed by atoms with E-state index in [0.717, 1.165) is 10.5 Å². The molecule has 1 aromatic carbocycles. The molecule has 24 heavy (non-hydrogen) atoms. The molecule has 0 fully saturated rings. The van der Waals surface area contributed by atoms with Crippen molar-refractivity contribution in [2.45, 2.75) is 37.2 Å². The Morgan fingerprint density at radius 1 is 1.33 bits per heavy atom. The SMILES string of the molecule is Cn1nc(Sc2ccc(C(=O)O)c(Cl)c2CC(C)(C)C)n(C)c1=O. The molecule has 0 aliphatic rings. The van der Waals surface area contributed by atoms with Gasteiger partial charge in [-0.25, -0.2) is 14.3 Å². The lowest BCUT2D eigenvalue weighted by molar-refractivity contribution is 0.0696. The Labute approximate surface area is 149 Å². The number of aromatic nitrogens is 3. The second kappa shape index (κ2) is 6.64. The first kappa shape index (κ1) is 18.6. The predicted octanol–water partition coefficient (Wildman–Crippen LogP) is 3.21. The van der Waals surface area contributed by atoms with Crippen LogP contribution in [0.25, 0.3) is 0 Å². The van der Waals surface area contributed by atoms with Crippen LogP contribution in [0.5, 0.6) is 0 Å². The number of carbonyl (C=O) groups is 1. The Morgan fingerprint density at radius 2 is 1.96 bits per heavy atom. The highest BCUT2D eigenvalue weighted by Gasteiger charge is 2.23. The third-order valence-electron chi connectivity index (χ3n) is 3.43. The fraction of sp³-hybridized carbons (Fsp3) is 0.438. The summed E-state index contributed by atoms with van der Waals surface area (Å²) in [5.41, 5.74) is 0.539. The molecule has 2 rings (SSSR count). The molecule has 0 atom stereocenters. The Hall–Kier alpha value is -1.73. The summed E-state index contributed by atoms with van der Waals surface area (Å²) in [6.45, 7) is 6.17. The highest BCUT2D eigenvalue weighted by Crippen LogP contribution is 2.38. The minimum absolute atomic E-state index is 0.0773. The van der Waals surface area contributed by atoms with E-state index in [0.29, 0.717) is 11.6 Å². The molecular weight excluding hydrogens is 350 g/mol. The highest BCUT2D eigenvalue weighted by molar-refractivity contribution is 7.99. The van der Waals surface area contributed by atoms with Gasteiger partial charge in [-0.05, 0) is 41.3 Å². The van der Waals surface area contributed by atoms with Crippen molar-refractivity contribution in [1.82, 2.24) is 14.3 Å². The van der Waals surface area contributed by atoms with Gasteiger partial charge in [-0.15, -0.1) is 5.10 Å². The fourth-order valence-electron chi connectivity index (χ4n) is 2.28. The van der Waals surface area contributed by atoms with Gasteiger partial charge in [0.2, 0.25) is 0 Å². The molecule has 0 spiro atoms. The van der Waals surface area contributed by atoms with E-state index in [1.165, 1.54) is 27.1 Å². The van der Waals surface area contributed by atoms with Gasteiger partial charge < -0.3 is 5.11 Å². The van der Waals surface area contributed by atoms with Crippen LogP contribution in [0.4, 0.5) is 0 Å². The molecule has 0 amide bonds. The number of aromatic carboxylic acids is 1. The average Bonchev–Trinajstić information content (AvgIpc) is 2.69. The predicted molar refractivity (Wildman–Crippen MR) is 94.1 cm³/mol. The van der Waals surface area contributed by atoms with Crippen molar-refractivity contribution in [1.29, 1.82) is 0 Å². The first-order chi connectivity index (χ1) is 11.0. The van der Waals surface area contributed by atoms with Gasteiger partial charge in [0.1, 0.15) is 0 Å². The largest absolute Gasteiger partial charge is 0.478 e. The van der Waals surface area contributed by atoms with Crippen LogP contribution in [0.15, 0.2) is 27.0 Å². The second-order valence-electron chi connectivity index (χ2n) is 6.80. The van der Waals surface area contributed by atoms with E-state index in [9.17, 15) is 14.7 Å². The van der Waals surface area contributed by atoms with Crippen LogP contribution in [-0.2, 0) is 20.5 Å². The number of hydrogen-bond donors (Lipinski definition) is 1. The summed E-state index contributed by atoms with van der Waals surface area (Å²) < 4.78 is 2.71. The van der Waals surface area contributed by atoms with E-state index in [1.54, 1.807) is 20.2 Å². The molecule has 0 unspecified atom stereocenters. The van der Waals surface area contributed by atoms with Gasteiger partial charge >= 0.3 is 11.7 Å². The zero-order valence-corrected chi connectivity index (χ0v) is 15.8. The van der Waals surface area contributed by atoms with Crippen molar-refractivity contribution in [3.63, 3.8) is 0 Å². The quantitative estimate of drug-likeness (QED) is 0.895. The number of aryl methyl sites for hydroxylation is 1. The number of rotatable bonds is 4. The summed E-state index contributed by atoms with van der Waals surface area (Å²) in [7, 11) is 3.23. The summed E-state index contributed by atoms with van der Waals surface area (Å²) in [6.07, 6.45) is 0.607. The van der Waals surface area contributed by atoms with E-state index in [1.807, 2.05) is 0 Å². The number of halogens is 1. The summed E-state index contributed by atoms with van der Waals surface area (Å²) in [6, 6.07) is 3.21. The van der Waals surface area contributed by atoms with Crippen LogP contribution in [0.1, 0.15) is 36.7 Å². The fourth-order valence-corrected chi connectivity index (χ4v) is 3.66. The smallest absolute Gasteiger partial charge is 0.346 e. The third kappa shape index (κ3) is 3.84. The van der Waals surface area contributed by atoms with Crippen molar-refractivity contribution < 1.29 is 9.90 Å². The van der Waals surface area contributed by atoms with Crippen LogP contribution < -0.4 is 5.69 Å². The lowest BCUT2D eigenvalue weighted by atomic mass is 9.87. The number of carboxylic acids is 1. The maximum absolute atomic E-state index is 11.8. The first-order valence-electron chi connectivity index (χ1n) is 7.34. The van der Waals surface area contributed by atoms with E-state index in [-0.39, 0.29) is 21.7 Å². The van der Waals surface area contributed by atoms with Gasteiger partial charge in [-0.1, -0.05) is 32.4 Å². The summed E-state index contributed by atoms with van der Waals surface area (Å²) in [4.78, 5) is 24.0. The molecule has 6 nitrogen and oxygen atoms in total. The molecule has 1 N–H and O–H groups in total. The Balaban J connectivity index is 2.56. The molecular formula is C16H20ClN3O3S. The molecule has 0 bridgehead atoms. The Morgan fingerprint density at radius 3 is 2.42 bits per heavy atom. The summed E-state index contributed by atoms with van der Waals surface area (Å²) in [5, 5.41) is 14.3. The zero-order chi connectivity index (χ0) is 18.2. The van der Waals surface area contributed by atoms with Gasteiger partial charge in [0.25, 0.3) is 0 Å². The van der Waals surface area contributed by atoms with E-state index in [2.05, 4.69) is 25.9 Å². The molecule has 0 radical (unpaired) electrons. The first-order valence-corrected chi connectivity index (χ1v) is 8.53. The lowest BCUT2D eigenvalue weighted by Crippen LogP contribution is -2.20. The van der Waals surface area contributed by atoms with Gasteiger partial charge in [-0.3, -0.25) is 4.57 Å². The number of benzene rings is 1. The van der Waals surface area contributed by atoms with Crippen molar-refractivity contribution in [2.24, 2.45) is 19.5 Å². The number of carboxylic acid groups (broad SMARTS) is 1. The van der Waals surface area contributed by atoms with Crippen molar-refractivity contribution in [3.8, 4) is 0 Å². The van der Waals surface area contributed by atoms with Crippen LogP contribution in [-0.4, -0.2) is 25.4 Å². The van der Waals surface area contributed by atoms with Gasteiger partial charge in [0.15, 0.2) is 5.16 Å². The number of nitrogens with zero attached hydrogens (tertiary/aromatic N) is 3. The minimum atomic E-state index is -1.06. The van der Waals surface area contributed by atoms with Crippen LogP contribution >= 0.6 is 23.4 Å². The van der Waals surface area contributed by atoms with E-state index >= 15 is 0 Å². The molecule has 2 aromatic rings. The van der Waals surface area contributed by atoms with Crippen molar-refractivity contribution in [2.75, 3.05) is 0 Å². The third-order valence-corrected chi connectivity index (χ3v) is 5.00. The van der Waals surface area contributed by atoms with Crippen molar-refractivity contribution in [3.05, 3.63) is 38.8 Å². The number of hydrogen-bond acceptors (Lipinski definition) is 4. The van der Waals surface area contributed by atoms with E-state index in [4.69, 9.17) is 11.6 Å².